The number of primary amides is 1. The van der Waals surface area contributed by atoms with Crippen LogP contribution in [0.15, 0.2) is 36.5 Å². The van der Waals surface area contributed by atoms with Crippen molar-refractivity contribution in [3.05, 3.63) is 59.2 Å². The van der Waals surface area contributed by atoms with Crippen LogP contribution in [0.25, 0.3) is 0 Å². The number of hydrogen-bond acceptors (Lipinski definition) is 4. The van der Waals surface area contributed by atoms with E-state index in [0.29, 0.717) is 23.8 Å². The van der Waals surface area contributed by atoms with Crippen molar-refractivity contribution in [2.45, 2.75) is 25.4 Å². The van der Waals surface area contributed by atoms with E-state index in [1.54, 1.807) is 30.5 Å². The standard InChI is InChI=1S/C18H20FN3O2/c1-24-13-5-6-14(15(19)8-13)17(12-3-4-12)22-10-11-2-7-16(18(20)23)21-9-11/h2,5-9,12,17,22H,3-4,10H2,1H3,(H2,20,23). The summed E-state index contributed by atoms with van der Waals surface area (Å²) in [5.41, 5.74) is 6.99. The minimum Gasteiger partial charge on any atom is -0.497 e. The van der Waals surface area contributed by atoms with Gasteiger partial charge in [0, 0.05) is 30.4 Å². The third kappa shape index (κ3) is 3.71. The third-order valence-electron chi connectivity index (χ3n) is 4.24. The molecule has 1 atom stereocenters. The van der Waals surface area contributed by atoms with Crippen molar-refractivity contribution in [1.82, 2.24) is 10.3 Å². The van der Waals surface area contributed by atoms with Gasteiger partial charge in [-0.25, -0.2) is 4.39 Å². The molecule has 1 saturated carbocycles. The SMILES string of the molecule is COc1ccc(C(NCc2ccc(C(N)=O)nc2)C2CC2)c(F)c1. The van der Waals surface area contributed by atoms with Crippen molar-refractivity contribution < 1.29 is 13.9 Å². The number of nitrogens with one attached hydrogen (secondary N) is 1. The summed E-state index contributed by atoms with van der Waals surface area (Å²) in [5.74, 6) is 0.134. The van der Waals surface area contributed by atoms with Gasteiger partial charge in [-0.15, -0.1) is 0 Å². The summed E-state index contributed by atoms with van der Waals surface area (Å²) in [6.07, 6.45) is 3.78. The number of pyridine rings is 1. The first-order chi connectivity index (χ1) is 11.6. The number of aromatic nitrogens is 1. The highest BCUT2D eigenvalue weighted by molar-refractivity contribution is 5.90. The van der Waals surface area contributed by atoms with Crippen LogP contribution in [0.1, 0.15) is 40.5 Å². The fraction of sp³-hybridized carbons (Fsp3) is 0.333. The molecule has 0 aliphatic heterocycles. The van der Waals surface area contributed by atoms with Crippen LogP contribution in [0.2, 0.25) is 0 Å². The summed E-state index contributed by atoms with van der Waals surface area (Å²) in [6.45, 7) is 0.540. The fourth-order valence-corrected chi connectivity index (χ4v) is 2.75. The lowest BCUT2D eigenvalue weighted by atomic mass is 10.0. The van der Waals surface area contributed by atoms with Gasteiger partial charge in [-0.3, -0.25) is 9.78 Å². The summed E-state index contributed by atoms with van der Waals surface area (Å²) in [4.78, 5) is 15.1. The van der Waals surface area contributed by atoms with Crippen molar-refractivity contribution >= 4 is 5.91 Å². The molecule has 24 heavy (non-hydrogen) atoms. The Bertz CT molecular complexity index is 730. The Kier molecular flexibility index (Phi) is 4.76. The molecule has 1 aromatic heterocycles. The van der Waals surface area contributed by atoms with Crippen LogP contribution in [-0.2, 0) is 6.54 Å². The lowest BCUT2D eigenvalue weighted by Gasteiger charge is -2.20. The summed E-state index contributed by atoms with van der Waals surface area (Å²) in [7, 11) is 1.52. The molecular formula is C18H20FN3O2. The Labute approximate surface area is 140 Å². The van der Waals surface area contributed by atoms with E-state index in [2.05, 4.69) is 10.3 Å². The van der Waals surface area contributed by atoms with Crippen molar-refractivity contribution in [3.8, 4) is 5.75 Å². The molecule has 3 rings (SSSR count). The van der Waals surface area contributed by atoms with E-state index in [4.69, 9.17) is 10.5 Å². The zero-order valence-corrected chi connectivity index (χ0v) is 13.5. The van der Waals surface area contributed by atoms with Gasteiger partial charge < -0.3 is 15.8 Å². The highest BCUT2D eigenvalue weighted by Gasteiger charge is 2.33. The predicted molar refractivity (Wildman–Crippen MR) is 88.0 cm³/mol. The molecule has 0 spiro atoms. The van der Waals surface area contributed by atoms with E-state index < -0.39 is 5.91 Å². The second kappa shape index (κ2) is 6.97. The van der Waals surface area contributed by atoms with Crippen LogP contribution in [0.4, 0.5) is 4.39 Å². The zero-order chi connectivity index (χ0) is 17.1. The molecule has 1 fully saturated rings. The van der Waals surface area contributed by atoms with E-state index in [1.165, 1.54) is 13.2 Å². The van der Waals surface area contributed by atoms with Crippen LogP contribution < -0.4 is 15.8 Å². The molecular weight excluding hydrogens is 309 g/mol. The Morgan fingerprint density at radius 2 is 2.21 bits per heavy atom. The van der Waals surface area contributed by atoms with Gasteiger partial charge in [0.05, 0.1) is 7.11 Å². The average molecular weight is 329 g/mol. The normalized spacial score (nSPS) is 15.1. The summed E-state index contributed by atoms with van der Waals surface area (Å²) < 4.78 is 19.4. The van der Waals surface area contributed by atoms with Gasteiger partial charge in [0.1, 0.15) is 17.3 Å². The molecule has 6 heteroatoms. The number of nitrogens with zero attached hydrogens (tertiary/aromatic N) is 1. The number of ether oxygens (including phenoxy) is 1. The number of halogens is 1. The number of amides is 1. The molecule has 3 N–H and O–H groups in total. The molecule has 5 nitrogen and oxygen atoms in total. The van der Waals surface area contributed by atoms with E-state index in [1.807, 2.05) is 0 Å². The van der Waals surface area contributed by atoms with E-state index >= 15 is 0 Å². The molecule has 1 unspecified atom stereocenters. The molecule has 0 bridgehead atoms. The number of methoxy groups -OCH3 is 1. The van der Waals surface area contributed by atoms with Gasteiger partial charge in [0.25, 0.3) is 5.91 Å². The maximum absolute atomic E-state index is 14.4. The summed E-state index contributed by atoms with van der Waals surface area (Å²) in [6, 6.07) is 8.31. The minimum absolute atomic E-state index is 0.0493. The Hall–Kier alpha value is -2.47. The van der Waals surface area contributed by atoms with Crippen molar-refractivity contribution in [1.29, 1.82) is 0 Å². The largest absolute Gasteiger partial charge is 0.497 e. The summed E-state index contributed by atoms with van der Waals surface area (Å²) in [5, 5.41) is 3.40. The van der Waals surface area contributed by atoms with Crippen LogP contribution in [0.5, 0.6) is 5.75 Å². The molecule has 1 heterocycles. The number of carbonyl (C=O) groups is 1. The highest BCUT2D eigenvalue weighted by atomic mass is 19.1. The molecule has 1 aliphatic carbocycles. The number of hydrogen-bond donors (Lipinski definition) is 2. The molecule has 126 valence electrons. The summed E-state index contributed by atoms with van der Waals surface area (Å²) >= 11 is 0. The lowest BCUT2D eigenvalue weighted by Crippen LogP contribution is -2.24. The lowest BCUT2D eigenvalue weighted by molar-refractivity contribution is 0.0995. The third-order valence-corrected chi connectivity index (χ3v) is 4.24. The monoisotopic (exact) mass is 329 g/mol. The van der Waals surface area contributed by atoms with Gasteiger partial charge in [-0.05, 0) is 36.5 Å². The van der Waals surface area contributed by atoms with Gasteiger partial charge >= 0.3 is 0 Å². The van der Waals surface area contributed by atoms with Crippen molar-refractivity contribution in [2.75, 3.05) is 7.11 Å². The number of benzene rings is 1. The number of carbonyl (C=O) groups excluding carboxylic acids is 1. The quantitative estimate of drug-likeness (QED) is 0.818. The molecule has 0 radical (unpaired) electrons. The number of rotatable bonds is 7. The average Bonchev–Trinajstić information content (AvgIpc) is 3.41. The Balaban J connectivity index is 1.72. The second-order valence-electron chi connectivity index (χ2n) is 6.00. The maximum atomic E-state index is 14.4. The van der Waals surface area contributed by atoms with Gasteiger partial charge in [0.15, 0.2) is 0 Å². The van der Waals surface area contributed by atoms with Gasteiger partial charge in [0.2, 0.25) is 0 Å². The second-order valence-corrected chi connectivity index (χ2v) is 6.00. The van der Waals surface area contributed by atoms with Crippen LogP contribution in [-0.4, -0.2) is 18.0 Å². The van der Waals surface area contributed by atoms with Crippen molar-refractivity contribution in [3.63, 3.8) is 0 Å². The van der Waals surface area contributed by atoms with Crippen LogP contribution >= 0.6 is 0 Å². The van der Waals surface area contributed by atoms with Crippen molar-refractivity contribution in [2.24, 2.45) is 11.7 Å². The smallest absolute Gasteiger partial charge is 0.267 e. The van der Waals surface area contributed by atoms with E-state index in [-0.39, 0.29) is 17.6 Å². The zero-order valence-electron chi connectivity index (χ0n) is 13.5. The Morgan fingerprint density at radius 3 is 2.75 bits per heavy atom. The van der Waals surface area contributed by atoms with E-state index in [9.17, 15) is 9.18 Å². The number of nitrogens with two attached hydrogens (primary N) is 1. The van der Waals surface area contributed by atoms with Crippen LogP contribution in [0.3, 0.4) is 0 Å². The predicted octanol–water partition coefficient (Wildman–Crippen LogP) is 2.57. The first-order valence-corrected chi connectivity index (χ1v) is 7.90. The maximum Gasteiger partial charge on any atom is 0.267 e. The van der Waals surface area contributed by atoms with Gasteiger partial charge in [-0.1, -0.05) is 12.1 Å². The molecule has 1 amide bonds. The Morgan fingerprint density at radius 1 is 1.42 bits per heavy atom. The van der Waals surface area contributed by atoms with E-state index in [0.717, 1.165) is 18.4 Å². The first kappa shape index (κ1) is 16.4. The topological polar surface area (TPSA) is 77.2 Å². The first-order valence-electron chi connectivity index (χ1n) is 7.90. The molecule has 2 aromatic rings. The molecule has 1 aromatic carbocycles. The van der Waals surface area contributed by atoms with Crippen LogP contribution in [0, 0.1) is 11.7 Å². The molecule has 0 saturated heterocycles. The fourth-order valence-electron chi connectivity index (χ4n) is 2.75. The molecule has 1 aliphatic rings. The highest BCUT2D eigenvalue weighted by Crippen LogP contribution is 2.42. The minimum atomic E-state index is -0.550. The van der Waals surface area contributed by atoms with Gasteiger partial charge in [-0.2, -0.15) is 0 Å².